The zero-order valence-corrected chi connectivity index (χ0v) is 16.3. The summed E-state index contributed by atoms with van der Waals surface area (Å²) < 4.78 is 26.4. The second-order valence-corrected chi connectivity index (χ2v) is 9.25. The van der Waals surface area contributed by atoms with Crippen molar-refractivity contribution in [1.82, 2.24) is 0 Å². The molecule has 5 heteroatoms. The van der Waals surface area contributed by atoms with Crippen molar-refractivity contribution in [3.05, 3.63) is 48.5 Å². The lowest BCUT2D eigenvalue weighted by Gasteiger charge is -2.36. The molecule has 4 nitrogen and oxygen atoms in total. The van der Waals surface area contributed by atoms with E-state index in [1.807, 2.05) is 30.3 Å². The van der Waals surface area contributed by atoms with Crippen LogP contribution in [0.5, 0.6) is 5.75 Å². The maximum Gasteiger partial charge on any atom is 0.181 e. The van der Waals surface area contributed by atoms with E-state index in [1.54, 1.807) is 12.1 Å². The minimum atomic E-state index is -3.44. The maximum absolute atomic E-state index is 13.2. The molecule has 0 aliphatic carbocycles. The molecule has 0 radical (unpaired) electrons. The number of phenolic OH excluding ortho intramolecular Hbond substituents is 1. The van der Waals surface area contributed by atoms with Crippen LogP contribution < -0.4 is 4.90 Å². The van der Waals surface area contributed by atoms with Crippen LogP contribution in [-0.2, 0) is 9.84 Å². The van der Waals surface area contributed by atoms with Crippen LogP contribution in [0.1, 0.15) is 39.5 Å². The van der Waals surface area contributed by atoms with Gasteiger partial charge in [0, 0.05) is 23.7 Å². The van der Waals surface area contributed by atoms with Gasteiger partial charge >= 0.3 is 0 Å². The minimum Gasteiger partial charge on any atom is -0.508 e. The topological polar surface area (TPSA) is 57.6 Å². The van der Waals surface area contributed by atoms with Crippen molar-refractivity contribution < 1.29 is 13.5 Å². The fraction of sp³-hybridized carbons (Fsp3) is 0.429. The Morgan fingerprint density at radius 3 is 2.50 bits per heavy atom. The molecule has 2 aromatic carbocycles. The standard InChI is InChI=1S/C21H27NO3S/c1-3-5-13-21(4-2)15-22(17-9-7-6-8-10-17)19-14-18(23)11-12-20(19)26(24,25)16-21/h6-12,14,23H,3-5,13,15-16H2,1-2H3. The van der Waals surface area contributed by atoms with Crippen LogP contribution in [-0.4, -0.2) is 25.8 Å². The number of anilines is 2. The summed E-state index contributed by atoms with van der Waals surface area (Å²) in [6, 6.07) is 14.4. The largest absolute Gasteiger partial charge is 0.508 e. The molecule has 140 valence electrons. The third-order valence-electron chi connectivity index (χ3n) is 5.44. The van der Waals surface area contributed by atoms with E-state index in [4.69, 9.17) is 0 Å². The Bertz CT molecular complexity index is 864. The summed E-state index contributed by atoms with van der Waals surface area (Å²) in [6.45, 7) is 4.85. The Morgan fingerprint density at radius 2 is 1.85 bits per heavy atom. The van der Waals surface area contributed by atoms with Crippen molar-refractivity contribution in [2.24, 2.45) is 5.41 Å². The van der Waals surface area contributed by atoms with Crippen LogP contribution in [0.3, 0.4) is 0 Å². The maximum atomic E-state index is 13.2. The SMILES string of the molecule is CCCCC1(CC)CN(c2ccccc2)c2cc(O)ccc2S(=O)(=O)C1. The average molecular weight is 374 g/mol. The van der Waals surface area contributed by atoms with Gasteiger partial charge in [0.15, 0.2) is 9.84 Å². The van der Waals surface area contributed by atoms with Crippen molar-refractivity contribution in [2.45, 2.75) is 44.4 Å². The molecule has 0 amide bonds. The molecular weight excluding hydrogens is 346 g/mol. The van der Waals surface area contributed by atoms with Crippen molar-refractivity contribution in [2.75, 3.05) is 17.2 Å². The van der Waals surface area contributed by atoms with Crippen molar-refractivity contribution >= 4 is 21.2 Å². The summed E-state index contributed by atoms with van der Waals surface area (Å²) in [5, 5.41) is 10.0. The molecule has 3 rings (SSSR count). The number of hydrogen-bond donors (Lipinski definition) is 1. The summed E-state index contributed by atoms with van der Waals surface area (Å²) in [5.41, 5.74) is 1.22. The predicted molar refractivity (Wildman–Crippen MR) is 106 cm³/mol. The molecule has 1 N–H and O–H groups in total. The van der Waals surface area contributed by atoms with Crippen LogP contribution in [0.15, 0.2) is 53.4 Å². The highest BCUT2D eigenvalue weighted by molar-refractivity contribution is 7.91. The van der Waals surface area contributed by atoms with E-state index < -0.39 is 9.84 Å². The number of sulfone groups is 1. The number of para-hydroxylation sites is 1. The second kappa shape index (κ2) is 7.31. The molecule has 0 spiro atoms. The van der Waals surface area contributed by atoms with Crippen LogP contribution in [0.25, 0.3) is 0 Å². The van der Waals surface area contributed by atoms with Gasteiger partial charge < -0.3 is 10.0 Å². The number of unbranched alkanes of at least 4 members (excludes halogenated alkanes) is 1. The first-order chi connectivity index (χ1) is 12.4. The van der Waals surface area contributed by atoms with Gasteiger partial charge in [-0.05, 0) is 37.1 Å². The second-order valence-electron chi connectivity index (χ2n) is 7.29. The lowest BCUT2D eigenvalue weighted by molar-refractivity contribution is 0.290. The Labute approximate surface area is 156 Å². The van der Waals surface area contributed by atoms with Crippen LogP contribution in [0, 0.1) is 5.41 Å². The quantitative estimate of drug-likeness (QED) is 0.809. The van der Waals surface area contributed by atoms with E-state index in [9.17, 15) is 13.5 Å². The smallest absolute Gasteiger partial charge is 0.181 e. The van der Waals surface area contributed by atoms with E-state index in [-0.39, 0.29) is 16.9 Å². The van der Waals surface area contributed by atoms with Crippen molar-refractivity contribution in [3.63, 3.8) is 0 Å². The molecule has 1 unspecified atom stereocenters. The molecule has 0 bridgehead atoms. The first-order valence-electron chi connectivity index (χ1n) is 9.29. The van der Waals surface area contributed by atoms with E-state index in [0.29, 0.717) is 17.1 Å². The van der Waals surface area contributed by atoms with Gasteiger partial charge in [0.1, 0.15) is 5.75 Å². The molecule has 0 saturated heterocycles. The third-order valence-corrected chi connectivity index (χ3v) is 7.44. The van der Waals surface area contributed by atoms with Gasteiger partial charge in [-0.15, -0.1) is 0 Å². The lowest BCUT2D eigenvalue weighted by Crippen LogP contribution is -2.37. The number of aromatic hydroxyl groups is 1. The number of phenols is 1. The molecule has 1 heterocycles. The molecule has 1 aliphatic rings. The van der Waals surface area contributed by atoms with E-state index in [2.05, 4.69) is 18.7 Å². The van der Waals surface area contributed by atoms with Gasteiger partial charge in [0.25, 0.3) is 0 Å². The molecule has 0 fully saturated rings. The number of rotatable bonds is 5. The molecular formula is C21H27NO3S. The summed E-state index contributed by atoms with van der Waals surface area (Å²) in [7, 11) is -3.44. The first-order valence-corrected chi connectivity index (χ1v) is 10.9. The van der Waals surface area contributed by atoms with E-state index in [0.717, 1.165) is 31.4 Å². The molecule has 0 saturated carbocycles. The molecule has 26 heavy (non-hydrogen) atoms. The van der Waals surface area contributed by atoms with Gasteiger partial charge in [-0.3, -0.25) is 0 Å². The average Bonchev–Trinajstić information content (AvgIpc) is 2.73. The summed E-state index contributed by atoms with van der Waals surface area (Å²) in [6.07, 6.45) is 3.73. The lowest BCUT2D eigenvalue weighted by atomic mass is 9.81. The van der Waals surface area contributed by atoms with Crippen LogP contribution in [0.2, 0.25) is 0 Å². The van der Waals surface area contributed by atoms with Gasteiger partial charge in [-0.2, -0.15) is 0 Å². The fourth-order valence-corrected chi connectivity index (χ4v) is 6.02. The third kappa shape index (κ3) is 3.58. The van der Waals surface area contributed by atoms with E-state index >= 15 is 0 Å². The Balaban J connectivity index is 2.21. The highest BCUT2D eigenvalue weighted by Crippen LogP contribution is 2.44. The number of benzene rings is 2. The Morgan fingerprint density at radius 1 is 1.12 bits per heavy atom. The van der Waals surface area contributed by atoms with Gasteiger partial charge in [0.05, 0.1) is 16.3 Å². The van der Waals surface area contributed by atoms with Crippen molar-refractivity contribution in [3.8, 4) is 5.75 Å². The van der Waals surface area contributed by atoms with Crippen LogP contribution in [0.4, 0.5) is 11.4 Å². The molecule has 1 aliphatic heterocycles. The van der Waals surface area contributed by atoms with Gasteiger partial charge in [-0.25, -0.2) is 8.42 Å². The van der Waals surface area contributed by atoms with E-state index in [1.165, 1.54) is 6.07 Å². The zero-order valence-electron chi connectivity index (χ0n) is 15.5. The summed E-state index contributed by atoms with van der Waals surface area (Å²) >= 11 is 0. The molecule has 0 aromatic heterocycles. The molecule has 2 aromatic rings. The highest BCUT2D eigenvalue weighted by Gasteiger charge is 2.41. The zero-order chi connectivity index (χ0) is 18.8. The number of nitrogens with zero attached hydrogens (tertiary/aromatic N) is 1. The highest BCUT2D eigenvalue weighted by atomic mass is 32.2. The monoisotopic (exact) mass is 373 g/mol. The molecule has 1 atom stereocenters. The summed E-state index contributed by atoms with van der Waals surface area (Å²) in [5.74, 6) is 0.231. The van der Waals surface area contributed by atoms with Gasteiger partial charge in [-0.1, -0.05) is 44.9 Å². The fourth-order valence-electron chi connectivity index (χ4n) is 3.86. The Hall–Kier alpha value is -2.01. The van der Waals surface area contributed by atoms with Crippen molar-refractivity contribution in [1.29, 1.82) is 0 Å². The first kappa shape index (κ1) is 18.8. The predicted octanol–water partition coefficient (Wildman–Crippen LogP) is 4.90. The normalized spacial score (nSPS) is 21.8. The van der Waals surface area contributed by atoms with Crippen LogP contribution >= 0.6 is 0 Å². The summed E-state index contributed by atoms with van der Waals surface area (Å²) in [4.78, 5) is 2.38. The number of hydrogen-bond acceptors (Lipinski definition) is 4. The van der Waals surface area contributed by atoms with Gasteiger partial charge in [0.2, 0.25) is 0 Å². The Kier molecular flexibility index (Phi) is 5.28. The minimum absolute atomic E-state index is 0.0810. The number of fused-ring (bicyclic) bond motifs is 1.